The zero-order valence-electron chi connectivity index (χ0n) is 15.9. The summed E-state index contributed by atoms with van der Waals surface area (Å²) >= 11 is 7.48. The van der Waals surface area contributed by atoms with E-state index in [1.165, 1.54) is 18.4 Å². The summed E-state index contributed by atoms with van der Waals surface area (Å²) in [6.07, 6.45) is -4.72. The van der Waals surface area contributed by atoms with Gasteiger partial charge in [0.15, 0.2) is 17.0 Å². The standard InChI is InChI=1S/C20H14ClF3N4O2S/c1-30-12-6-4-11(5-7-12)10-25-19(29)17-16(21)18-26-13(14-3-2-8-31-14)9-15(20(22,23)24)28(18)27-17/h2-9H,10H2,1H3,(H,25,29). The summed E-state index contributed by atoms with van der Waals surface area (Å²) in [6.45, 7) is 0.132. The third kappa shape index (κ3) is 4.21. The topological polar surface area (TPSA) is 68.5 Å². The number of carbonyl (C=O) groups is 1. The lowest BCUT2D eigenvalue weighted by Gasteiger charge is -2.10. The Balaban J connectivity index is 1.69. The number of nitrogens with one attached hydrogen (secondary N) is 1. The smallest absolute Gasteiger partial charge is 0.433 e. The molecule has 0 fully saturated rings. The average Bonchev–Trinajstić information content (AvgIpc) is 3.40. The van der Waals surface area contributed by atoms with Gasteiger partial charge < -0.3 is 10.1 Å². The fourth-order valence-corrected chi connectivity index (χ4v) is 3.83. The Morgan fingerprint density at radius 2 is 2.00 bits per heavy atom. The number of rotatable bonds is 5. The number of amides is 1. The highest BCUT2D eigenvalue weighted by atomic mass is 35.5. The number of hydrogen-bond acceptors (Lipinski definition) is 5. The van der Waals surface area contributed by atoms with E-state index >= 15 is 0 Å². The minimum Gasteiger partial charge on any atom is -0.497 e. The number of fused-ring (bicyclic) bond motifs is 1. The Bertz CT molecular complexity index is 1240. The van der Waals surface area contributed by atoms with Gasteiger partial charge in [-0.25, -0.2) is 9.50 Å². The van der Waals surface area contributed by atoms with E-state index in [2.05, 4.69) is 15.4 Å². The molecule has 4 rings (SSSR count). The molecule has 3 aromatic heterocycles. The molecule has 0 radical (unpaired) electrons. The maximum Gasteiger partial charge on any atom is 0.433 e. The van der Waals surface area contributed by atoms with Crippen molar-refractivity contribution in [2.75, 3.05) is 7.11 Å². The van der Waals surface area contributed by atoms with Crippen LogP contribution in [0.2, 0.25) is 5.02 Å². The lowest BCUT2D eigenvalue weighted by Crippen LogP contribution is -2.23. The van der Waals surface area contributed by atoms with E-state index in [1.54, 1.807) is 41.8 Å². The van der Waals surface area contributed by atoms with Gasteiger partial charge in [0, 0.05) is 6.54 Å². The molecule has 6 nitrogen and oxygen atoms in total. The second-order valence-electron chi connectivity index (χ2n) is 6.43. The summed E-state index contributed by atoms with van der Waals surface area (Å²) in [6, 6.07) is 11.2. The number of alkyl halides is 3. The van der Waals surface area contributed by atoms with Gasteiger partial charge in [0.05, 0.1) is 17.7 Å². The number of hydrogen-bond donors (Lipinski definition) is 1. The highest BCUT2D eigenvalue weighted by molar-refractivity contribution is 7.13. The highest BCUT2D eigenvalue weighted by Gasteiger charge is 2.36. The Morgan fingerprint density at radius 1 is 1.26 bits per heavy atom. The van der Waals surface area contributed by atoms with Gasteiger partial charge in [-0.3, -0.25) is 4.79 Å². The number of halogens is 4. The van der Waals surface area contributed by atoms with Crippen LogP contribution in [0.25, 0.3) is 16.2 Å². The Kier molecular flexibility index (Phi) is 5.59. The minimum absolute atomic E-state index is 0.0989. The van der Waals surface area contributed by atoms with Crippen molar-refractivity contribution in [3.63, 3.8) is 0 Å². The third-order valence-corrected chi connectivity index (χ3v) is 5.66. The maximum absolute atomic E-state index is 13.7. The first-order valence-electron chi connectivity index (χ1n) is 8.89. The van der Waals surface area contributed by atoms with E-state index < -0.39 is 17.8 Å². The molecule has 1 N–H and O–H groups in total. The molecule has 1 amide bonds. The molecule has 160 valence electrons. The number of methoxy groups -OCH3 is 1. The van der Waals surface area contributed by atoms with Crippen LogP contribution in [0.1, 0.15) is 21.7 Å². The van der Waals surface area contributed by atoms with Crippen molar-refractivity contribution in [3.8, 4) is 16.3 Å². The molecular formula is C20H14ClF3N4O2S. The van der Waals surface area contributed by atoms with Crippen LogP contribution < -0.4 is 10.1 Å². The van der Waals surface area contributed by atoms with Gasteiger partial charge >= 0.3 is 6.18 Å². The first-order valence-corrected chi connectivity index (χ1v) is 10.1. The van der Waals surface area contributed by atoms with Crippen molar-refractivity contribution in [1.82, 2.24) is 19.9 Å². The molecule has 0 aliphatic rings. The van der Waals surface area contributed by atoms with E-state index in [9.17, 15) is 18.0 Å². The van der Waals surface area contributed by atoms with Crippen molar-refractivity contribution in [3.05, 3.63) is 69.8 Å². The van der Waals surface area contributed by atoms with Crippen molar-refractivity contribution >= 4 is 34.5 Å². The van der Waals surface area contributed by atoms with Gasteiger partial charge in [-0.1, -0.05) is 29.8 Å². The number of benzene rings is 1. The van der Waals surface area contributed by atoms with Crippen molar-refractivity contribution < 1.29 is 22.7 Å². The molecule has 11 heteroatoms. The minimum atomic E-state index is -4.72. The van der Waals surface area contributed by atoms with Gasteiger partial charge in [0.25, 0.3) is 5.91 Å². The molecular weight excluding hydrogens is 453 g/mol. The number of nitrogens with zero attached hydrogens (tertiary/aromatic N) is 3. The van der Waals surface area contributed by atoms with E-state index in [1.807, 2.05) is 0 Å². The summed E-state index contributed by atoms with van der Waals surface area (Å²) < 4.78 is 46.7. The van der Waals surface area contributed by atoms with Gasteiger partial charge in [0.2, 0.25) is 0 Å². The van der Waals surface area contributed by atoms with Crippen LogP contribution >= 0.6 is 22.9 Å². The number of aromatic nitrogens is 3. The quantitative estimate of drug-likeness (QED) is 0.446. The third-order valence-electron chi connectivity index (χ3n) is 4.42. The second-order valence-corrected chi connectivity index (χ2v) is 7.76. The van der Waals surface area contributed by atoms with Crippen LogP contribution in [0.5, 0.6) is 5.75 Å². The van der Waals surface area contributed by atoms with Gasteiger partial charge in [0.1, 0.15) is 10.8 Å². The van der Waals surface area contributed by atoms with Crippen molar-refractivity contribution in [1.29, 1.82) is 0 Å². The van der Waals surface area contributed by atoms with Crippen LogP contribution in [0.15, 0.2) is 47.8 Å². The van der Waals surface area contributed by atoms with Crippen LogP contribution in [0, 0.1) is 0 Å². The highest BCUT2D eigenvalue weighted by Crippen LogP contribution is 2.35. The summed E-state index contributed by atoms with van der Waals surface area (Å²) in [5.74, 6) is -0.0529. The normalized spacial score (nSPS) is 11.6. The van der Waals surface area contributed by atoms with Gasteiger partial charge in [-0.05, 0) is 35.2 Å². The fourth-order valence-electron chi connectivity index (χ4n) is 2.90. The summed E-state index contributed by atoms with van der Waals surface area (Å²) in [5, 5.41) is 7.90. The van der Waals surface area contributed by atoms with E-state index in [4.69, 9.17) is 16.3 Å². The van der Waals surface area contributed by atoms with Crippen LogP contribution in [0.4, 0.5) is 13.2 Å². The molecule has 0 bridgehead atoms. The Labute approximate surface area is 183 Å². The van der Waals surface area contributed by atoms with Crippen LogP contribution in [0.3, 0.4) is 0 Å². The zero-order chi connectivity index (χ0) is 22.2. The zero-order valence-corrected chi connectivity index (χ0v) is 17.5. The van der Waals surface area contributed by atoms with Gasteiger partial charge in [-0.15, -0.1) is 11.3 Å². The summed E-state index contributed by atoms with van der Waals surface area (Å²) in [7, 11) is 1.54. The predicted octanol–water partition coefficient (Wildman–Crippen LogP) is 5.07. The molecule has 4 aromatic rings. The SMILES string of the molecule is COc1ccc(CNC(=O)c2nn3c(C(F)(F)F)cc(-c4cccs4)nc3c2Cl)cc1. The largest absolute Gasteiger partial charge is 0.497 e. The molecule has 31 heavy (non-hydrogen) atoms. The fraction of sp³-hybridized carbons (Fsp3) is 0.150. The molecule has 0 spiro atoms. The molecule has 1 aromatic carbocycles. The van der Waals surface area contributed by atoms with Crippen molar-refractivity contribution in [2.45, 2.75) is 12.7 Å². The van der Waals surface area contributed by atoms with Gasteiger partial charge in [-0.2, -0.15) is 18.3 Å². The summed E-state index contributed by atoms with van der Waals surface area (Å²) in [4.78, 5) is 17.4. The van der Waals surface area contributed by atoms with E-state index in [-0.39, 0.29) is 28.6 Å². The monoisotopic (exact) mass is 466 g/mol. The molecule has 0 aliphatic carbocycles. The van der Waals surface area contributed by atoms with E-state index in [0.29, 0.717) is 15.1 Å². The Morgan fingerprint density at radius 3 is 2.61 bits per heavy atom. The van der Waals surface area contributed by atoms with Crippen LogP contribution in [-0.2, 0) is 12.7 Å². The average molecular weight is 467 g/mol. The lowest BCUT2D eigenvalue weighted by molar-refractivity contribution is -0.142. The first-order chi connectivity index (χ1) is 14.8. The molecule has 0 unspecified atom stereocenters. The molecule has 3 heterocycles. The Hall–Kier alpha value is -3.11. The molecule has 0 saturated heterocycles. The number of carbonyl (C=O) groups excluding carboxylic acids is 1. The van der Waals surface area contributed by atoms with Crippen LogP contribution in [-0.4, -0.2) is 27.6 Å². The first kappa shape index (κ1) is 21.1. The lowest BCUT2D eigenvalue weighted by atomic mass is 10.2. The predicted molar refractivity (Wildman–Crippen MR) is 110 cm³/mol. The molecule has 0 atom stereocenters. The van der Waals surface area contributed by atoms with E-state index in [0.717, 1.165) is 11.6 Å². The molecule has 0 saturated carbocycles. The number of ether oxygens (including phenoxy) is 1. The number of thiophene rings is 1. The molecule has 0 aliphatic heterocycles. The van der Waals surface area contributed by atoms with Crippen molar-refractivity contribution in [2.24, 2.45) is 0 Å². The maximum atomic E-state index is 13.7. The summed E-state index contributed by atoms with van der Waals surface area (Å²) in [5.41, 5.74) is -0.784. The second kappa shape index (κ2) is 8.20.